The standard InChI is InChI=1S/C17H25FN2O.ClH/c1-13(8-9-14-5-3-6-15(18)11-14)17(21)20-10-4-7-16(12-20)19-2;/h3,5-6,11,13,16,19H,4,7-10,12H2,1-2H3;1H. The van der Waals surface area contributed by atoms with Crippen LogP contribution in [0.15, 0.2) is 24.3 Å². The topological polar surface area (TPSA) is 32.3 Å². The van der Waals surface area contributed by atoms with Crippen LogP contribution in [0.5, 0.6) is 0 Å². The Kier molecular flexibility index (Phi) is 7.83. The van der Waals surface area contributed by atoms with E-state index < -0.39 is 0 Å². The number of nitrogens with one attached hydrogen (secondary N) is 1. The molecule has 3 nitrogen and oxygen atoms in total. The molecule has 1 aliphatic rings. The summed E-state index contributed by atoms with van der Waals surface area (Å²) in [7, 11) is 1.95. The number of hydrogen-bond acceptors (Lipinski definition) is 2. The number of rotatable bonds is 5. The number of nitrogens with zero attached hydrogens (tertiary/aromatic N) is 1. The maximum absolute atomic E-state index is 13.1. The van der Waals surface area contributed by atoms with Gasteiger partial charge in [-0.05, 0) is 50.4 Å². The molecule has 5 heteroatoms. The number of piperidine rings is 1. The third kappa shape index (κ3) is 5.25. The van der Waals surface area contributed by atoms with Gasteiger partial charge in [-0.1, -0.05) is 19.1 Å². The van der Waals surface area contributed by atoms with E-state index in [2.05, 4.69) is 5.32 Å². The summed E-state index contributed by atoms with van der Waals surface area (Å²) in [6.45, 7) is 3.64. The molecule has 0 radical (unpaired) electrons. The monoisotopic (exact) mass is 328 g/mol. The van der Waals surface area contributed by atoms with Crippen LogP contribution in [0.4, 0.5) is 4.39 Å². The third-order valence-corrected chi connectivity index (χ3v) is 4.32. The van der Waals surface area contributed by atoms with E-state index in [0.717, 1.165) is 44.3 Å². The molecule has 1 aromatic rings. The van der Waals surface area contributed by atoms with Gasteiger partial charge in [0.05, 0.1) is 0 Å². The summed E-state index contributed by atoms with van der Waals surface area (Å²) in [4.78, 5) is 14.4. The van der Waals surface area contributed by atoms with E-state index in [1.807, 2.05) is 24.9 Å². The smallest absolute Gasteiger partial charge is 0.225 e. The van der Waals surface area contributed by atoms with E-state index in [1.165, 1.54) is 6.07 Å². The molecule has 124 valence electrons. The fourth-order valence-corrected chi connectivity index (χ4v) is 2.92. The molecular formula is C17H26ClFN2O. The molecule has 1 heterocycles. The van der Waals surface area contributed by atoms with Gasteiger partial charge in [-0.2, -0.15) is 0 Å². The van der Waals surface area contributed by atoms with Crippen LogP contribution in [0.3, 0.4) is 0 Å². The maximum atomic E-state index is 13.1. The van der Waals surface area contributed by atoms with E-state index in [0.29, 0.717) is 6.04 Å². The van der Waals surface area contributed by atoms with Gasteiger partial charge in [0.1, 0.15) is 5.82 Å². The summed E-state index contributed by atoms with van der Waals surface area (Å²) in [6, 6.07) is 7.05. The zero-order chi connectivity index (χ0) is 15.2. The molecule has 2 rings (SSSR count). The van der Waals surface area contributed by atoms with Crippen molar-refractivity contribution in [2.45, 2.75) is 38.6 Å². The minimum atomic E-state index is -0.209. The quantitative estimate of drug-likeness (QED) is 0.901. The third-order valence-electron chi connectivity index (χ3n) is 4.32. The molecule has 0 bridgehead atoms. The van der Waals surface area contributed by atoms with Crippen LogP contribution < -0.4 is 5.32 Å². The number of aryl methyl sites for hydroxylation is 1. The number of amides is 1. The first-order valence-electron chi connectivity index (χ1n) is 7.80. The van der Waals surface area contributed by atoms with Gasteiger partial charge >= 0.3 is 0 Å². The summed E-state index contributed by atoms with van der Waals surface area (Å²) in [5, 5.41) is 3.26. The summed E-state index contributed by atoms with van der Waals surface area (Å²) < 4.78 is 13.1. The molecule has 1 aromatic carbocycles. The minimum absolute atomic E-state index is 0. The molecule has 1 N–H and O–H groups in total. The molecule has 2 atom stereocenters. The van der Waals surface area contributed by atoms with Gasteiger partial charge in [-0.15, -0.1) is 12.4 Å². The molecule has 22 heavy (non-hydrogen) atoms. The van der Waals surface area contributed by atoms with Crippen molar-refractivity contribution in [2.24, 2.45) is 5.92 Å². The number of likely N-dealkylation sites (N-methyl/N-ethyl adjacent to an activating group) is 1. The molecule has 0 spiro atoms. The molecular weight excluding hydrogens is 303 g/mol. The lowest BCUT2D eigenvalue weighted by Gasteiger charge is -2.34. The Labute approximate surface area is 138 Å². The SMILES string of the molecule is CNC1CCCN(C(=O)C(C)CCc2cccc(F)c2)C1.Cl. The number of carbonyl (C=O) groups excluding carboxylic acids is 1. The molecule has 1 saturated heterocycles. The van der Waals surface area contributed by atoms with Crippen molar-refractivity contribution in [2.75, 3.05) is 20.1 Å². The lowest BCUT2D eigenvalue weighted by Crippen LogP contribution is -2.48. The predicted molar refractivity (Wildman–Crippen MR) is 89.8 cm³/mol. The number of likely N-dealkylation sites (tertiary alicyclic amines) is 1. The van der Waals surface area contributed by atoms with Gasteiger partial charge in [0, 0.05) is 25.0 Å². The summed E-state index contributed by atoms with van der Waals surface area (Å²) in [5.74, 6) is 0.00889. The largest absolute Gasteiger partial charge is 0.341 e. The Bertz CT molecular complexity index is 483. The van der Waals surface area contributed by atoms with Gasteiger partial charge in [-0.25, -0.2) is 4.39 Å². The van der Waals surface area contributed by atoms with E-state index in [4.69, 9.17) is 0 Å². The fourth-order valence-electron chi connectivity index (χ4n) is 2.92. The first-order valence-corrected chi connectivity index (χ1v) is 7.80. The fraction of sp³-hybridized carbons (Fsp3) is 0.588. The molecule has 0 aliphatic carbocycles. The van der Waals surface area contributed by atoms with Crippen molar-refractivity contribution in [3.8, 4) is 0 Å². The molecule has 0 saturated carbocycles. The highest BCUT2D eigenvalue weighted by Crippen LogP contribution is 2.17. The predicted octanol–water partition coefficient (Wildman–Crippen LogP) is 3.03. The Morgan fingerprint density at radius 2 is 2.27 bits per heavy atom. The average molecular weight is 329 g/mol. The van der Waals surface area contributed by atoms with E-state index in [9.17, 15) is 9.18 Å². The first-order chi connectivity index (χ1) is 10.1. The Balaban J connectivity index is 0.00000242. The summed E-state index contributed by atoms with van der Waals surface area (Å²) >= 11 is 0. The van der Waals surface area contributed by atoms with Gasteiger partial charge < -0.3 is 10.2 Å². The molecule has 1 aliphatic heterocycles. The number of carbonyl (C=O) groups is 1. The van der Waals surface area contributed by atoms with Gasteiger partial charge in [0.25, 0.3) is 0 Å². The van der Waals surface area contributed by atoms with E-state index >= 15 is 0 Å². The Morgan fingerprint density at radius 1 is 1.50 bits per heavy atom. The minimum Gasteiger partial charge on any atom is -0.341 e. The molecule has 2 unspecified atom stereocenters. The number of halogens is 2. The van der Waals surface area contributed by atoms with Crippen molar-refractivity contribution in [3.05, 3.63) is 35.6 Å². The summed E-state index contributed by atoms with van der Waals surface area (Å²) in [5.41, 5.74) is 0.960. The normalized spacial score (nSPS) is 19.4. The number of hydrogen-bond donors (Lipinski definition) is 1. The van der Waals surface area contributed by atoms with Crippen LogP contribution >= 0.6 is 12.4 Å². The van der Waals surface area contributed by atoms with E-state index in [1.54, 1.807) is 12.1 Å². The first kappa shape index (κ1) is 18.9. The highest BCUT2D eigenvalue weighted by atomic mass is 35.5. The summed E-state index contributed by atoms with van der Waals surface area (Å²) in [6.07, 6.45) is 3.71. The Morgan fingerprint density at radius 3 is 2.95 bits per heavy atom. The van der Waals surface area contributed by atoms with Crippen LogP contribution in [0.2, 0.25) is 0 Å². The van der Waals surface area contributed by atoms with E-state index in [-0.39, 0.29) is 30.0 Å². The van der Waals surface area contributed by atoms with Gasteiger partial charge in [0.15, 0.2) is 0 Å². The van der Waals surface area contributed by atoms with Crippen LogP contribution in [-0.4, -0.2) is 37.0 Å². The molecule has 1 fully saturated rings. The van der Waals surface area contributed by atoms with Crippen molar-refractivity contribution in [3.63, 3.8) is 0 Å². The molecule has 1 amide bonds. The lowest BCUT2D eigenvalue weighted by molar-refractivity contribution is -0.136. The van der Waals surface area contributed by atoms with Crippen LogP contribution in [0, 0.1) is 11.7 Å². The number of benzene rings is 1. The van der Waals surface area contributed by atoms with Crippen LogP contribution in [-0.2, 0) is 11.2 Å². The second kappa shape index (κ2) is 9.11. The molecule has 0 aromatic heterocycles. The maximum Gasteiger partial charge on any atom is 0.225 e. The highest BCUT2D eigenvalue weighted by molar-refractivity contribution is 5.85. The van der Waals surface area contributed by atoms with Crippen LogP contribution in [0.1, 0.15) is 31.7 Å². The second-order valence-corrected chi connectivity index (χ2v) is 5.98. The van der Waals surface area contributed by atoms with Crippen molar-refractivity contribution < 1.29 is 9.18 Å². The van der Waals surface area contributed by atoms with Crippen LogP contribution in [0.25, 0.3) is 0 Å². The van der Waals surface area contributed by atoms with Crippen molar-refractivity contribution in [1.82, 2.24) is 10.2 Å². The zero-order valence-electron chi connectivity index (χ0n) is 13.3. The second-order valence-electron chi connectivity index (χ2n) is 5.98. The van der Waals surface area contributed by atoms with Crippen molar-refractivity contribution in [1.29, 1.82) is 0 Å². The average Bonchev–Trinajstić information content (AvgIpc) is 2.52. The van der Waals surface area contributed by atoms with Gasteiger partial charge in [0.2, 0.25) is 5.91 Å². The Hall–Kier alpha value is -1.13. The zero-order valence-corrected chi connectivity index (χ0v) is 14.2. The highest BCUT2D eigenvalue weighted by Gasteiger charge is 2.25. The lowest BCUT2D eigenvalue weighted by atomic mass is 9.98. The van der Waals surface area contributed by atoms with Crippen molar-refractivity contribution >= 4 is 18.3 Å². The van der Waals surface area contributed by atoms with Gasteiger partial charge in [-0.3, -0.25) is 4.79 Å².